The van der Waals surface area contributed by atoms with Crippen LogP contribution in [-0.4, -0.2) is 24.0 Å². The van der Waals surface area contributed by atoms with E-state index in [1.54, 1.807) is 4.90 Å². The maximum Gasteiger partial charge on any atom is 0.236 e. The smallest absolute Gasteiger partial charge is 0.236 e. The number of primary amides is 1. The molecule has 1 rings (SSSR count). The minimum atomic E-state index is -0.465. The molecule has 1 amide bonds. The summed E-state index contributed by atoms with van der Waals surface area (Å²) >= 11 is 11.7. The van der Waals surface area contributed by atoms with Crippen LogP contribution >= 0.6 is 23.2 Å². The third-order valence-electron chi connectivity index (χ3n) is 1.97. The number of nitrogen functional groups attached to an aromatic ring is 1. The van der Waals surface area contributed by atoms with Gasteiger partial charge in [-0.3, -0.25) is 4.79 Å². The Kier molecular flexibility index (Phi) is 4.20. The van der Waals surface area contributed by atoms with Crippen LogP contribution in [0.5, 0.6) is 0 Å². The molecule has 0 saturated carbocycles. The molecule has 0 unspecified atom stereocenters. The van der Waals surface area contributed by atoms with Crippen molar-refractivity contribution < 1.29 is 4.79 Å². The van der Waals surface area contributed by atoms with Gasteiger partial charge < -0.3 is 16.4 Å². The second-order valence-corrected chi connectivity index (χ2v) is 3.96. The van der Waals surface area contributed by atoms with E-state index in [1.807, 2.05) is 6.92 Å². The van der Waals surface area contributed by atoms with Gasteiger partial charge in [0.25, 0.3) is 0 Å². The molecule has 0 aromatic carbocycles. The van der Waals surface area contributed by atoms with Crippen molar-refractivity contribution in [1.82, 2.24) is 4.98 Å². The fraction of sp³-hybridized carbons (Fsp3) is 0.333. The van der Waals surface area contributed by atoms with Crippen molar-refractivity contribution in [2.75, 3.05) is 23.7 Å². The zero-order valence-corrected chi connectivity index (χ0v) is 10.2. The minimum Gasteiger partial charge on any atom is -0.382 e. The van der Waals surface area contributed by atoms with Crippen molar-refractivity contribution in [1.29, 1.82) is 0 Å². The molecule has 0 saturated heterocycles. The average molecular weight is 263 g/mol. The number of nitrogens with zero attached hydrogens (tertiary/aromatic N) is 2. The van der Waals surface area contributed by atoms with E-state index in [1.165, 1.54) is 6.07 Å². The Bertz CT molecular complexity index is 411. The monoisotopic (exact) mass is 262 g/mol. The summed E-state index contributed by atoms with van der Waals surface area (Å²) in [4.78, 5) is 16.5. The molecule has 4 N–H and O–H groups in total. The highest BCUT2D eigenvalue weighted by Gasteiger charge is 2.14. The third-order valence-corrected chi connectivity index (χ3v) is 2.55. The number of halogens is 2. The molecule has 1 aromatic heterocycles. The van der Waals surface area contributed by atoms with E-state index in [0.717, 1.165) is 0 Å². The van der Waals surface area contributed by atoms with Crippen LogP contribution in [0.3, 0.4) is 0 Å². The first kappa shape index (κ1) is 12.9. The molecule has 7 heteroatoms. The number of aromatic nitrogens is 1. The highest BCUT2D eigenvalue weighted by molar-refractivity contribution is 6.37. The standard InChI is InChI=1S/C9H12Cl2N4O/c1-2-15(4-7(12)16)9-6(11)3-5(10)8(13)14-9/h3H,2,4H2,1H3,(H2,12,16)(H2,13,14). The maximum atomic E-state index is 10.9. The number of anilines is 2. The van der Waals surface area contributed by atoms with Gasteiger partial charge in [0, 0.05) is 6.54 Å². The summed E-state index contributed by atoms with van der Waals surface area (Å²) in [6.45, 7) is 2.42. The largest absolute Gasteiger partial charge is 0.382 e. The van der Waals surface area contributed by atoms with E-state index < -0.39 is 5.91 Å². The van der Waals surface area contributed by atoms with Crippen molar-refractivity contribution in [2.24, 2.45) is 5.73 Å². The van der Waals surface area contributed by atoms with Gasteiger partial charge in [0.05, 0.1) is 16.6 Å². The number of hydrogen-bond donors (Lipinski definition) is 2. The predicted octanol–water partition coefficient (Wildman–Crippen LogP) is 1.28. The molecule has 88 valence electrons. The maximum absolute atomic E-state index is 10.9. The Labute approximate surface area is 103 Å². The first-order valence-electron chi connectivity index (χ1n) is 4.60. The van der Waals surface area contributed by atoms with E-state index in [9.17, 15) is 4.79 Å². The van der Waals surface area contributed by atoms with E-state index >= 15 is 0 Å². The van der Waals surface area contributed by atoms with Gasteiger partial charge in [-0.05, 0) is 13.0 Å². The van der Waals surface area contributed by atoms with Gasteiger partial charge >= 0.3 is 0 Å². The molecule has 16 heavy (non-hydrogen) atoms. The van der Waals surface area contributed by atoms with Crippen LogP contribution in [0, 0.1) is 0 Å². The lowest BCUT2D eigenvalue weighted by Gasteiger charge is -2.21. The van der Waals surface area contributed by atoms with Gasteiger partial charge in [-0.25, -0.2) is 4.98 Å². The van der Waals surface area contributed by atoms with Crippen LogP contribution in [0.2, 0.25) is 10.0 Å². The normalized spacial score (nSPS) is 10.2. The number of pyridine rings is 1. The van der Waals surface area contributed by atoms with Gasteiger partial charge in [0.2, 0.25) is 5.91 Å². The zero-order valence-electron chi connectivity index (χ0n) is 8.70. The Morgan fingerprint density at radius 1 is 1.50 bits per heavy atom. The summed E-state index contributed by atoms with van der Waals surface area (Å²) < 4.78 is 0. The van der Waals surface area contributed by atoms with Crippen LogP contribution in [-0.2, 0) is 4.79 Å². The van der Waals surface area contributed by atoms with Gasteiger partial charge in [0.15, 0.2) is 0 Å². The van der Waals surface area contributed by atoms with Gasteiger partial charge in [-0.1, -0.05) is 23.2 Å². The van der Waals surface area contributed by atoms with Crippen LogP contribution in [0.4, 0.5) is 11.6 Å². The molecule has 1 aromatic rings. The Morgan fingerprint density at radius 3 is 2.62 bits per heavy atom. The topological polar surface area (TPSA) is 85.2 Å². The highest BCUT2D eigenvalue weighted by Crippen LogP contribution is 2.29. The summed E-state index contributed by atoms with van der Waals surface area (Å²) in [7, 11) is 0. The second-order valence-electron chi connectivity index (χ2n) is 3.14. The van der Waals surface area contributed by atoms with Crippen molar-refractivity contribution in [3.8, 4) is 0 Å². The molecule has 1 heterocycles. The number of amides is 1. The van der Waals surface area contributed by atoms with Crippen LogP contribution in [0.15, 0.2) is 6.07 Å². The number of carbonyl (C=O) groups excluding carboxylic acids is 1. The van der Waals surface area contributed by atoms with Crippen LogP contribution in [0.1, 0.15) is 6.92 Å². The first-order chi connectivity index (χ1) is 7.45. The molecular weight excluding hydrogens is 251 g/mol. The number of nitrogens with two attached hydrogens (primary N) is 2. The minimum absolute atomic E-state index is 0.0320. The molecule has 0 aliphatic carbocycles. The number of likely N-dealkylation sites (N-methyl/N-ethyl adjacent to an activating group) is 1. The van der Waals surface area contributed by atoms with Crippen molar-refractivity contribution in [2.45, 2.75) is 6.92 Å². The molecule has 0 radical (unpaired) electrons. The Morgan fingerprint density at radius 2 is 2.12 bits per heavy atom. The lowest BCUT2D eigenvalue weighted by Crippen LogP contribution is -2.34. The lowest BCUT2D eigenvalue weighted by atomic mass is 10.3. The van der Waals surface area contributed by atoms with E-state index in [2.05, 4.69) is 4.98 Å². The summed E-state index contributed by atoms with van der Waals surface area (Å²) in [5.74, 6) is 0.113. The van der Waals surface area contributed by atoms with Gasteiger partial charge in [-0.15, -0.1) is 0 Å². The lowest BCUT2D eigenvalue weighted by molar-refractivity contribution is -0.116. The average Bonchev–Trinajstić information content (AvgIpc) is 2.20. The van der Waals surface area contributed by atoms with E-state index in [0.29, 0.717) is 17.4 Å². The summed E-state index contributed by atoms with van der Waals surface area (Å²) in [5.41, 5.74) is 10.7. The third kappa shape index (κ3) is 2.90. The fourth-order valence-corrected chi connectivity index (χ4v) is 1.70. The molecular formula is C9H12Cl2N4O. The zero-order chi connectivity index (χ0) is 12.3. The summed E-state index contributed by atoms with van der Waals surface area (Å²) in [5, 5.41) is 0.617. The van der Waals surface area contributed by atoms with Crippen LogP contribution < -0.4 is 16.4 Å². The Hall–Kier alpha value is -1.20. The van der Waals surface area contributed by atoms with Gasteiger partial charge in [0.1, 0.15) is 11.6 Å². The Balaban J connectivity index is 3.09. The second kappa shape index (κ2) is 5.23. The quantitative estimate of drug-likeness (QED) is 0.856. The predicted molar refractivity (Wildman–Crippen MR) is 65.8 cm³/mol. The fourth-order valence-electron chi connectivity index (χ4n) is 1.22. The van der Waals surface area contributed by atoms with E-state index in [-0.39, 0.29) is 17.4 Å². The number of hydrogen-bond acceptors (Lipinski definition) is 4. The molecule has 5 nitrogen and oxygen atoms in total. The highest BCUT2D eigenvalue weighted by atomic mass is 35.5. The summed E-state index contributed by atoms with van der Waals surface area (Å²) in [6, 6.07) is 1.49. The first-order valence-corrected chi connectivity index (χ1v) is 5.36. The molecule has 0 atom stereocenters. The van der Waals surface area contributed by atoms with E-state index in [4.69, 9.17) is 34.7 Å². The number of carbonyl (C=O) groups is 1. The molecule has 0 bridgehead atoms. The van der Waals surface area contributed by atoms with Gasteiger partial charge in [-0.2, -0.15) is 0 Å². The molecule has 0 aliphatic heterocycles. The summed E-state index contributed by atoms with van der Waals surface area (Å²) in [6.07, 6.45) is 0. The number of rotatable bonds is 4. The van der Waals surface area contributed by atoms with Crippen molar-refractivity contribution in [3.63, 3.8) is 0 Å². The molecule has 0 fully saturated rings. The molecule has 0 aliphatic rings. The van der Waals surface area contributed by atoms with Crippen molar-refractivity contribution >= 4 is 40.7 Å². The van der Waals surface area contributed by atoms with Crippen molar-refractivity contribution in [3.05, 3.63) is 16.1 Å². The SMILES string of the molecule is CCN(CC(N)=O)c1nc(N)c(Cl)cc1Cl. The molecule has 0 spiro atoms. The van der Waals surface area contributed by atoms with Crippen LogP contribution in [0.25, 0.3) is 0 Å².